The number of aromatic nitrogens is 5. The van der Waals surface area contributed by atoms with Gasteiger partial charge in [-0.1, -0.05) is 5.16 Å². The molecule has 126 valence electrons. The van der Waals surface area contributed by atoms with E-state index in [0.717, 1.165) is 17.8 Å². The molecule has 4 heterocycles. The standard InChI is InChI=1S/C14H16N6O3S/c1-10-2-3-13-16-17-14(20(13)18-10)11-4-6-19(7-5-11)24(21,22)12-8-15-23-9-12/h2-3,8-9,11H,4-7H2,1H3. The highest BCUT2D eigenvalue weighted by Gasteiger charge is 2.32. The van der Waals surface area contributed by atoms with E-state index in [1.54, 1.807) is 4.52 Å². The number of nitrogens with zero attached hydrogens (tertiary/aromatic N) is 6. The Hall–Kier alpha value is -2.33. The maximum Gasteiger partial charge on any atom is 0.247 e. The first kappa shape index (κ1) is 15.2. The van der Waals surface area contributed by atoms with E-state index in [-0.39, 0.29) is 10.8 Å². The third kappa shape index (κ3) is 2.47. The maximum atomic E-state index is 12.5. The summed E-state index contributed by atoms with van der Waals surface area (Å²) in [5.74, 6) is 0.916. The fourth-order valence-corrected chi connectivity index (χ4v) is 4.31. The molecule has 9 nitrogen and oxygen atoms in total. The van der Waals surface area contributed by atoms with Crippen LogP contribution >= 0.6 is 0 Å². The van der Waals surface area contributed by atoms with Crippen LogP contribution in [0.3, 0.4) is 0 Å². The molecule has 0 amide bonds. The van der Waals surface area contributed by atoms with Crippen molar-refractivity contribution in [2.75, 3.05) is 13.1 Å². The quantitative estimate of drug-likeness (QED) is 0.694. The lowest BCUT2D eigenvalue weighted by Crippen LogP contribution is -2.38. The molecule has 0 saturated carbocycles. The summed E-state index contributed by atoms with van der Waals surface area (Å²) < 4.78 is 32.8. The fourth-order valence-electron chi connectivity index (χ4n) is 2.98. The summed E-state index contributed by atoms with van der Waals surface area (Å²) >= 11 is 0. The Morgan fingerprint density at radius 3 is 2.71 bits per heavy atom. The third-order valence-electron chi connectivity index (χ3n) is 4.29. The summed E-state index contributed by atoms with van der Waals surface area (Å²) in [6.45, 7) is 2.75. The molecule has 3 aromatic heterocycles. The minimum Gasteiger partial charge on any atom is -0.363 e. The van der Waals surface area contributed by atoms with Gasteiger partial charge in [-0.05, 0) is 31.9 Å². The first-order chi connectivity index (χ1) is 11.6. The molecule has 3 aromatic rings. The van der Waals surface area contributed by atoms with E-state index in [4.69, 9.17) is 0 Å². The van der Waals surface area contributed by atoms with Crippen LogP contribution in [-0.4, -0.2) is 50.8 Å². The third-order valence-corrected chi connectivity index (χ3v) is 6.13. The second kappa shape index (κ2) is 5.64. The Morgan fingerprint density at radius 2 is 2.00 bits per heavy atom. The first-order valence-corrected chi connectivity index (χ1v) is 9.08. The lowest BCUT2D eigenvalue weighted by molar-refractivity contribution is 0.311. The van der Waals surface area contributed by atoms with Crippen molar-refractivity contribution in [2.24, 2.45) is 0 Å². The zero-order valence-corrected chi connectivity index (χ0v) is 13.8. The van der Waals surface area contributed by atoms with Gasteiger partial charge >= 0.3 is 0 Å². The minimum absolute atomic E-state index is 0.0890. The predicted molar refractivity (Wildman–Crippen MR) is 82.8 cm³/mol. The van der Waals surface area contributed by atoms with Crippen LogP contribution in [0.15, 0.2) is 34.0 Å². The number of piperidine rings is 1. The van der Waals surface area contributed by atoms with Gasteiger partial charge in [-0.3, -0.25) is 0 Å². The number of rotatable bonds is 3. The summed E-state index contributed by atoms with van der Waals surface area (Å²) in [5.41, 5.74) is 1.59. The van der Waals surface area contributed by atoms with Crippen molar-refractivity contribution in [3.05, 3.63) is 36.1 Å². The lowest BCUT2D eigenvalue weighted by Gasteiger charge is -2.29. The van der Waals surface area contributed by atoms with Gasteiger partial charge in [-0.25, -0.2) is 8.42 Å². The van der Waals surface area contributed by atoms with E-state index in [1.165, 1.54) is 10.5 Å². The molecule has 1 fully saturated rings. The number of hydrogen-bond donors (Lipinski definition) is 0. The molecule has 4 rings (SSSR count). The van der Waals surface area contributed by atoms with Gasteiger partial charge in [0.25, 0.3) is 0 Å². The van der Waals surface area contributed by atoms with Gasteiger partial charge in [0.2, 0.25) is 10.0 Å². The molecular weight excluding hydrogens is 332 g/mol. The Morgan fingerprint density at radius 1 is 1.21 bits per heavy atom. The monoisotopic (exact) mass is 348 g/mol. The Labute approximate surface area is 138 Å². The van der Waals surface area contributed by atoms with E-state index < -0.39 is 10.0 Å². The Balaban J connectivity index is 1.55. The number of hydrogen-bond acceptors (Lipinski definition) is 7. The van der Waals surface area contributed by atoms with Crippen molar-refractivity contribution in [3.8, 4) is 0 Å². The predicted octanol–water partition coefficient (Wildman–Crippen LogP) is 0.989. The number of aryl methyl sites for hydroxylation is 1. The van der Waals surface area contributed by atoms with Crippen LogP contribution in [0.5, 0.6) is 0 Å². The molecule has 10 heteroatoms. The largest absolute Gasteiger partial charge is 0.363 e. The van der Waals surface area contributed by atoms with Gasteiger partial charge in [0.15, 0.2) is 11.5 Å². The van der Waals surface area contributed by atoms with E-state index in [9.17, 15) is 8.42 Å². The number of sulfonamides is 1. The first-order valence-electron chi connectivity index (χ1n) is 7.64. The van der Waals surface area contributed by atoms with E-state index in [2.05, 4.69) is 25.0 Å². The van der Waals surface area contributed by atoms with Crippen molar-refractivity contribution in [1.29, 1.82) is 0 Å². The van der Waals surface area contributed by atoms with Crippen LogP contribution in [0.25, 0.3) is 5.65 Å². The molecule has 0 unspecified atom stereocenters. The molecule has 0 bridgehead atoms. The maximum absolute atomic E-state index is 12.5. The molecule has 0 aliphatic carbocycles. The van der Waals surface area contributed by atoms with Crippen LogP contribution in [0.2, 0.25) is 0 Å². The van der Waals surface area contributed by atoms with Crippen LogP contribution in [0.1, 0.15) is 30.3 Å². The minimum atomic E-state index is -3.54. The summed E-state index contributed by atoms with van der Waals surface area (Å²) in [7, 11) is -3.54. The molecule has 1 aliphatic heterocycles. The normalized spacial score (nSPS) is 17.5. The highest BCUT2D eigenvalue weighted by atomic mass is 32.2. The topological polar surface area (TPSA) is 106 Å². The summed E-state index contributed by atoms with van der Waals surface area (Å²) in [4.78, 5) is 0.0890. The molecule has 0 radical (unpaired) electrons. The van der Waals surface area contributed by atoms with Crippen LogP contribution in [0, 0.1) is 6.92 Å². The molecule has 24 heavy (non-hydrogen) atoms. The SMILES string of the molecule is Cc1ccc2nnc(C3CCN(S(=O)(=O)c4cnoc4)CC3)n2n1. The fraction of sp³-hybridized carbons (Fsp3) is 0.429. The second-order valence-corrected chi connectivity index (χ2v) is 7.78. The van der Waals surface area contributed by atoms with Crippen molar-refractivity contribution in [2.45, 2.75) is 30.6 Å². The summed E-state index contributed by atoms with van der Waals surface area (Å²) in [6.07, 6.45) is 3.71. The van der Waals surface area contributed by atoms with E-state index >= 15 is 0 Å². The molecule has 1 aliphatic rings. The van der Waals surface area contributed by atoms with Crippen LogP contribution in [-0.2, 0) is 10.0 Å². The van der Waals surface area contributed by atoms with Crippen LogP contribution in [0.4, 0.5) is 0 Å². The zero-order chi connectivity index (χ0) is 16.7. The highest BCUT2D eigenvalue weighted by molar-refractivity contribution is 7.89. The molecule has 0 spiro atoms. The smallest absolute Gasteiger partial charge is 0.247 e. The summed E-state index contributed by atoms with van der Waals surface area (Å²) in [6, 6.07) is 3.77. The van der Waals surface area contributed by atoms with Crippen LogP contribution < -0.4 is 0 Å². The highest BCUT2D eigenvalue weighted by Crippen LogP contribution is 2.29. The zero-order valence-electron chi connectivity index (χ0n) is 13.0. The van der Waals surface area contributed by atoms with Crippen molar-refractivity contribution < 1.29 is 12.9 Å². The molecular formula is C14H16N6O3S. The van der Waals surface area contributed by atoms with Crippen molar-refractivity contribution in [3.63, 3.8) is 0 Å². The van der Waals surface area contributed by atoms with Gasteiger partial charge < -0.3 is 4.52 Å². The van der Waals surface area contributed by atoms with Gasteiger partial charge in [0.05, 0.1) is 11.9 Å². The van der Waals surface area contributed by atoms with Gasteiger partial charge in [-0.15, -0.1) is 10.2 Å². The van der Waals surface area contributed by atoms with Gasteiger partial charge in [-0.2, -0.15) is 13.9 Å². The van der Waals surface area contributed by atoms with Crippen molar-refractivity contribution >= 4 is 15.7 Å². The Kier molecular flexibility index (Phi) is 3.57. The molecule has 0 atom stereocenters. The van der Waals surface area contributed by atoms with E-state index in [0.29, 0.717) is 31.6 Å². The number of fused-ring (bicyclic) bond motifs is 1. The average molecular weight is 348 g/mol. The lowest BCUT2D eigenvalue weighted by atomic mass is 9.97. The van der Waals surface area contributed by atoms with E-state index in [1.807, 2.05) is 19.1 Å². The van der Waals surface area contributed by atoms with Crippen molar-refractivity contribution in [1.82, 2.24) is 29.3 Å². The molecule has 0 aromatic carbocycles. The Bertz CT molecular complexity index is 958. The molecule has 1 saturated heterocycles. The van der Waals surface area contributed by atoms with Gasteiger partial charge in [0, 0.05) is 19.0 Å². The molecule has 0 N–H and O–H groups in total. The second-order valence-electron chi connectivity index (χ2n) is 5.84. The van der Waals surface area contributed by atoms with Gasteiger partial charge in [0.1, 0.15) is 11.2 Å². The summed E-state index contributed by atoms with van der Waals surface area (Å²) in [5, 5.41) is 16.3. The average Bonchev–Trinajstić information content (AvgIpc) is 3.25.